The molecule has 1 aliphatic rings. The number of benzene rings is 8. The lowest BCUT2D eigenvalue weighted by Crippen LogP contribution is -2.79. The molecule has 242 valence electrons. The summed E-state index contributed by atoms with van der Waals surface area (Å²) < 4.78 is 22.9. The third-order valence-corrected chi connectivity index (χ3v) is 20.8. The molecule has 3 nitrogen and oxygen atoms in total. The molecule has 0 spiro atoms. The first-order valence-corrected chi connectivity index (χ1v) is 21.6. The van der Waals surface area contributed by atoms with Gasteiger partial charge in [0, 0.05) is 20.7 Å². The molecule has 0 N–H and O–H groups in total. The highest BCUT2D eigenvalue weighted by Crippen LogP contribution is 2.34. The van der Waals surface area contributed by atoms with Crippen molar-refractivity contribution in [1.29, 1.82) is 0 Å². The van der Waals surface area contributed by atoms with E-state index in [1.165, 1.54) is 54.4 Å². The monoisotopic (exact) mass is 696 g/mol. The van der Waals surface area contributed by atoms with E-state index in [9.17, 15) is 0 Å². The third kappa shape index (κ3) is 4.57. The molecule has 1 saturated heterocycles. The lowest BCUT2D eigenvalue weighted by molar-refractivity contribution is 0.293. The third-order valence-electron chi connectivity index (χ3n) is 10.8. The second kappa shape index (κ2) is 12.0. The minimum Gasteiger partial charge on any atom is -0.407 e. The van der Waals surface area contributed by atoms with Crippen LogP contribution in [0.5, 0.6) is 0 Å². The summed E-state index contributed by atoms with van der Waals surface area (Å²) in [4.78, 5) is 0. The maximum Gasteiger partial charge on any atom is 0.414 e. The van der Waals surface area contributed by atoms with Crippen LogP contribution in [-0.2, 0) is 12.3 Å². The van der Waals surface area contributed by atoms with Gasteiger partial charge in [-0.2, -0.15) is 0 Å². The second-order valence-electron chi connectivity index (χ2n) is 13.5. The van der Waals surface area contributed by atoms with Crippen molar-refractivity contribution in [3.63, 3.8) is 0 Å². The minimum atomic E-state index is -3.61. The molecule has 0 aromatic heterocycles. The van der Waals surface area contributed by atoms with E-state index < -0.39 is 17.1 Å². The maximum atomic E-state index is 8.29. The maximum absolute atomic E-state index is 8.29. The average molecular weight is 697 g/mol. The van der Waals surface area contributed by atoms with Crippen molar-refractivity contribution in [3.8, 4) is 0 Å². The minimum absolute atomic E-state index is 0.223. The Balaban J connectivity index is 1.47. The van der Waals surface area contributed by atoms with Gasteiger partial charge < -0.3 is 12.3 Å². The van der Waals surface area contributed by atoms with Crippen LogP contribution in [0.4, 0.5) is 0 Å². The van der Waals surface area contributed by atoms with Gasteiger partial charge in [-0.1, -0.05) is 146 Å². The van der Waals surface area contributed by atoms with Gasteiger partial charge in [-0.25, -0.2) is 0 Å². The summed E-state index contributed by atoms with van der Waals surface area (Å²) in [7, 11) is -7.39. The highest BCUT2D eigenvalue weighted by Gasteiger charge is 2.60. The van der Waals surface area contributed by atoms with Gasteiger partial charge in [0.15, 0.2) is 0 Å². The number of aryl methyl sites for hydroxylation is 2. The van der Waals surface area contributed by atoms with Gasteiger partial charge in [0.2, 0.25) is 0 Å². The molecule has 0 amide bonds. The fraction of sp³-hybridized carbons (Fsp3) is 0.0909. The zero-order chi connectivity index (χ0) is 34.0. The van der Waals surface area contributed by atoms with Crippen LogP contribution in [0.25, 0.3) is 43.1 Å². The van der Waals surface area contributed by atoms with Gasteiger partial charge in [-0.15, -0.1) is 0 Å². The summed E-state index contributed by atoms with van der Waals surface area (Å²) in [5.74, 6) is 0. The topological polar surface area (TPSA) is 27.7 Å². The molecule has 0 aliphatic carbocycles. The predicted octanol–water partition coefficient (Wildman–Crippen LogP) is 7.94. The van der Waals surface area contributed by atoms with Crippen molar-refractivity contribution in [3.05, 3.63) is 168 Å². The van der Waals surface area contributed by atoms with E-state index in [1.54, 1.807) is 0 Å². The predicted molar refractivity (Wildman–Crippen MR) is 214 cm³/mol. The first kappa shape index (κ1) is 31.3. The first-order chi connectivity index (χ1) is 24.4. The Morgan fingerprint density at radius 1 is 0.400 bits per heavy atom. The van der Waals surface area contributed by atoms with Crippen molar-refractivity contribution in [1.82, 2.24) is 0 Å². The second-order valence-corrected chi connectivity index (χ2v) is 20.6. The van der Waals surface area contributed by atoms with Crippen LogP contribution in [0.1, 0.15) is 22.3 Å². The number of fused-ring (bicyclic) bond motifs is 4. The van der Waals surface area contributed by atoms with Crippen LogP contribution in [0, 0.1) is 27.7 Å². The molecule has 1 atom stereocenters. The molecule has 1 heterocycles. The van der Waals surface area contributed by atoms with E-state index in [2.05, 4.69) is 173 Å². The van der Waals surface area contributed by atoms with Crippen LogP contribution < -0.4 is 20.7 Å². The molecule has 6 heteroatoms. The van der Waals surface area contributed by atoms with E-state index in [4.69, 9.17) is 12.3 Å². The van der Waals surface area contributed by atoms with Gasteiger partial charge in [-0.3, -0.25) is 0 Å². The molecule has 0 bridgehead atoms. The van der Waals surface area contributed by atoms with Gasteiger partial charge in [0.25, 0.3) is 0 Å². The van der Waals surface area contributed by atoms with Crippen molar-refractivity contribution in [2.75, 3.05) is 0 Å². The summed E-state index contributed by atoms with van der Waals surface area (Å²) in [5.41, 5.74) is 5.07. The van der Waals surface area contributed by atoms with Crippen molar-refractivity contribution < 1.29 is 12.3 Å². The van der Waals surface area contributed by atoms with Crippen molar-refractivity contribution in [2.45, 2.75) is 27.7 Å². The summed E-state index contributed by atoms with van der Waals surface area (Å²) in [6.45, 7) is 9.00. The Morgan fingerprint density at radius 3 is 1.36 bits per heavy atom. The Kier molecular flexibility index (Phi) is 7.51. The van der Waals surface area contributed by atoms with E-state index in [-0.39, 0.29) is 10.0 Å². The average Bonchev–Trinajstić information content (AvgIpc) is 3.16. The molecule has 0 saturated carbocycles. The summed E-state index contributed by atoms with van der Waals surface area (Å²) >= 11 is 0. The van der Waals surface area contributed by atoms with Crippen LogP contribution in [0.15, 0.2) is 146 Å². The number of hydrogen-bond donors (Lipinski definition) is 0. The smallest absolute Gasteiger partial charge is 0.407 e. The Bertz CT molecular complexity index is 2540. The first-order valence-electron chi connectivity index (χ1n) is 17.2. The van der Waals surface area contributed by atoms with Gasteiger partial charge in [0.05, 0.1) is 0 Å². The summed E-state index contributed by atoms with van der Waals surface area (Å²) in [6.07, 6.45) is 0. The Morgan fingerprint density at radius 2 is 0.820 bits per heavy atom. The molecular weight excluding hydrogens is 661 g/mol. The van der Waals surface area contributed by atoms with E-state index in [0.717, 1.165) is 31.7 Å². The summed E-state index contributed by atoms with van der Waals surface area (Å²) in [6, 6.07) is 52.4. The van der Waals surface area contributed by atoms with Gasteiger partial charge in [-0.05, 0) is 93.0 Å². The van der Waals surface area contributed by atoms with Crippen LogP contribution >= 0.6 is 0 Å². The normalized spacial score (nSPS) is 17.5. The van der Waals surface area contributed by atoms with Gasteiger partial charge in [0.1, 0.15) is 0 Å². The Hall–Kier alpha value is -4.67. The van der Waals surface area contributed by atoms with Crippen LogP contribution in [0.3, 0.4) is 0 Å². The zero-order valence-corrected chi connectivity index (χ0v) is 31.6. The van der Waals surface area contributed by atoms with Crippen LogP contribution in [0.2, 0.25) is 0 Å². The molecule has 2 radical (unpaired) electrons. The molecule has 8 aromatic rings. The van der Waals surface area contributed by atoms with Gasteiger partial charge >= 0.3 is 27.1 Å². The molecular formula is C44H36O3Si3. The molecule has 50 heavy (non-hydrogen) atoms. The zero-order valence-electron chi connectivity index (χ0n) is 28.6. The summed E-state index contributed by atoms with van der Waals surface area (Å²) in [5, 5.41) is 14.0. The highest BCUT2D eigenvalue weighted by molar-refractivity contribution is 7.10. The molecule has 1 aliphatic heterocycles. The number of rotatable bonds is 4. The van der Waals surface area contributed by atoms with Crippen molar-refractivity contribution in [2.24, 2.45) is 0 Å². The number of hydrogen-bond acceptors (Lipinski definition) is 3. The molecule has 9 rings (SSSR count). The fourth-order valence-corrected chi connectivity index (χ4v) is 20.4. The lowest BCUT2D eigenvalue weighted by atomic mass is 9.93. The quantitative estimate of drug-likeness (QED) is 0.175. The largest absolute Gasteiger partial charge is 0.414 e. The Labute approximate surface area is 297 Å². The molecule has 8 aromatic carbocycles. The van der Waals surface area contributed by atoms with E-state index >= 15 is 0 Å². The molecule has 1 unspecified atom stereocenters. The molecule has 1 fully saturated rings. The van der Waals surface area contributed by atoms with E-state index in [0.29, 0.717) is 0 Å². The standard InChI is InChI=1S/C44H36O3Si3/c1-29-15-11-25-39-43(29)31(3)30(2)32(4)44(39)50(42-28-14-21-35-18-7-10-24-38(35)42)46-48-45-49(47-50,40-26-12-19-33-16-5-8-22-36(33)40)41-27-13-20-34-17-6-9-23-37(34)41/h5-28H,1-4H3. The van der Waals surface area contributed by atoms with Crippen molar-refractivity contribution >= 4 is 91.0 Å². The lowest BCUT2D eigenvalue weighted by Gasteiger charge is -2.47. The van der Waals surface area contributed by atoms with Crippen LogP contribution in [-0.4, -0.2) is 27.1 Å². The SMILES string of the molecule is Cc1c(C)c(C)c2c(C)cccc2c1[Si]1(c2cccc3ccccc23)O[Si]O[Si](c2cccc3ccccc23)(c2cccc3ccccc23)O1. The van der Waals surface area contributed by atoms with E-state index in [1.807, 2.05) is 0 Å². The fourth-order valence-electron chi connectivity index (χ4n) is 8.29. The highest BCUT2D eigenvalue weighted by atomic mass is 28.5.